The summed E-state index contributed by atoms with van der Waals surface area (Å²) in [4.78, 5) is 23.8. The van der Waals surface area contributed by atoms with Gasteiger partial charge in [0.2, 0.25) is 5.91 Å². The van der Waals surface area contributed by atoms with Crippen molar-refractivity contribution in [2.45, 2.75) is 11.8 Å². The van der Waals surface area contributed by atoms with Crippen LogP contribution in [-0.2, 0) is 9.53 Å². The minimum absolute atomic E-state index is 0.0494. The maximum Gasteiger partial charge on any atom is 0.338 e. The molecule has 0 aliphatic heterocycles. The Hall–Kier alpha value is -2.41. The molecule has 7 heteroatoms. The number of carbonyl (C=O) groups is 2. The summed E-state index contributed by atoms with van der Waals surface area (Å²) in [5, 5.41) is 2.62. The zero-order chi connectivity index (χ0) is 17.5. The summed E-state index contributed by atoms with van der Waals surface area (Å²) in [6.07, 6.45) is 0. The van der Waals surface area contributed by atoms with Crippen molar-refractivity contribution in [3.63, 3.8) is 0 Å². The molecule has 2 aromatic rings. The van der Waals surface area contributed by atoms with Crippen LogP contribution in [0, 0.1) is 11.6 Å². The number of hydrogen-bond donors (Lipinski definition) is 1. The zero-order valence-electron chi connectivity index (χ0n) is 12.8. The molecule has 2 aromatic carbocycles. The first kappa shape index (κ1) is 17.9. The smallest absolute Gasteiger partial charge is 0.338 e. The van der Waals surface area contributed by atoms with Crippen molar-refractivity contribution in [3.8, 4) is 0 Å². The Labute approximate surface area is 142 Å². The van der Waals surface area contributed by atoms with E-state index >= 15 is 0 Å². The van der Waals surface area contributed by atoms with Gasteiger partial charge in [0.1, 0.15) is 11.6 Å². The normalized spacial score (nSPS) is 10.3. The number of nitrogens with one attached hydrogen (secondary N) is 1. The molecule has 0 heterocycles. The number of amides is 1. The van der Waals surface area contributed by atoms with Gasteiger partial charge in [-0.15, -0.1) is 11.8 Å². The van der Waals surface area contributed by atoms with Crippen LogP contribution in [0.5, 0.6) is 0 Å². The van der Waals surface area contributed by atoms with E-state index in [1.54, 1.807) is 25.1 Å². The number of rotatable bonds is 6. The standard InChI is InChI=1S/C17H15F2NO3S/c1-2-23-17(22)11-4-3-5-13(8-11)20-16(21)10-24-15-7-6-12(18)9-14(15)19/h3-9H,2,10H2,1H3,(H,20,21). The first-order valence-electron chi connectivity index (χ1n) is 7.14. The Morgan fingerprint density at radius 3 is 2.67 bits per heavy atom. The summed E-state index contributed by atoms with van der Waals surface area (Å²) >= 11 is 0.956. The molecule has 126 valence electrons. The van der Waals surface area contributed by atoms with Crippen LogP contribution in [0.25, 0.3) is 0 Å². The summed E-state index contributed by atoms with van der Waals surface area (Å²) in [5.74, 6) is -2.28. The molecule has 24 heavy (non-hydrogen) atoms. The molecule has 0 saturated heterocycles. The lowest BCUT2D eigenvalue weighted by atomic mass is 10.2. The van der Waals surface area contributed by atoms with Crippen LogP contribution >= 0.6 is 11.8 Å². The maximum absolute atomic E-state index is 13.5. The highest BCUT2D eigenvalue weighted by Gasteiger charge is 2.10. The van der Waals surface area contributed by atoms with Gasteiger partial charge in [-0.25, -0.2) is 13.6 Å². The van der Waals surface area contributed by atoms with Gasteiger partial charge >= 0.3 is 5.97 Å². The number of ether oxygens (including phenoxy) is 1. The van der Waals surface area contributed by atoms with Gasteiger partial charge in [0, 0.05) is 16.6 Å². The number of halogens is 2. The fourth-order valence-electron chi connectivity index (χ4n) is 1.87. The molecular formula is C17H15F2NO3S. The molecule has 1 N–H and O–H groups in total. The van der Waals surface area contributed by atoms with Gasteiger partial charge in [0.05, 0.1) is 17.9 Å². The third-order valence-electron chi connectivity index (χ3n) is 2.91. The van der Waals surface area contributed by atoms with Gasteiger partial charge in [-0.1, -0.05) is 6.07 Å². The molecule has 0 aliphatic rings. The fraction of sp³-hybridized carbons (Fsp3) is 0.176. The Morgan fingerprint density at radius 1 is 1.17 bits per heavy atom. The Balaban J connectivity index is 1.95. The zero-order valence-corrected chi connectivity index (χ0v) is 13.7. The lowest BCUT2D eigenvalue weighted by Crippen LogP contribution is -2.14. The minimum Gasteiger partial charge on any atom is -0.462 e. The SMILES string of the molecule is CCOC(=O)c1cccc(NC(=O)CSc2ccc(F)cc2F)c1. The molecule has 0 fully saturated rings. The van der Waals surface area contributed by atoms with Gasteiger partial charge in [0.25, 0.3) is 0 Å². The van der Waals surface area contributed by atoms with E-state index in [1.807, 2.05) is 0 Å². The van der Waals surface area contributed by atoms with Gasteiger partial charge in [-0.05, 0) is 37.3 Å². The second kappa shape index (κ2) is 8.44. The monoisotopic (exact) mass is 351 g/mol. The number of thioether (sulfide) groups is 1. The minimum atomic E-state index is -0.711. The molecule has 0 radical (unpaired) electrons. The summed E-state index contributed by atoms with van der Waals surface area (Å²) in [5.41, 5.74) is 0.762. The van der Waals surface area contributed by atoms with E-state index < -0.39 is 17.6 Å². The summed E-state index contributed by atoms with van der Waals surface area (Å²) in [6, 6.07) is 9.51. The molecule has 2 rings (SSSR count). The van der Waals surface area contributed by atoms with E-state index in [9.17, 15) is 18.4 Å². The fourth-order valence-corrected chi connectivity index (χ4v) is 2.59. The molecule has 0 bridgehead atoms. The lowest BCUT2D eigenvalue weighted by molar-refractivity contribution is -0.113. The van der Waals surface area contributed by atoms with Crippen molar-refractivity contribution < 1.29 is 23.1 Å². The van der Waals surface area contributed by atoms with Gasteiger partial charge in [-0.2, -0.15) is 0 Å². The molecule has 1 amide bonds. The average Bonchev–Trinajstić information content (AvgIpc) is 2.54. The quantitative estimate of drug-likeness (QED) is 0.634. The topological polar surface area (TPSA) is 55.4 Å². The highest BCUT2D eigenvalue weighted by Crippen LogP contribution is 2.22. The van der Waals surface area contributed by atoms with E-state index in [4.69, 9.17) is 4.74 Å². The van der Waals surface area contributed by atoms with Crippen molar-refractivity contribution in [2.75, 3.05) is 17.7 Å². The van der Waals surface area contributed by atoms with Gasteiger partial charge < -0.3 is 10.1 Å². The average molecular weight is 351 g/mol. The molecule has 0 aliphatic carbocycles. The van der Waals surface area contributed by atoms with Gasteiger partial charge in [0.15, 0.2) is 0 Å². The van der Waals surface area contributed by atoms with Crippen LogP contribution < -0.4 is 5.32 Å². The Kier molecular flexibility index (Phi) is 6.31. The maximum atomic E-state index is 13.5. The van der Waals surface area contributed by atoms with Crippen molar-refractivity contribution in [1.82, 2.24) is 0 Å². The molecule has 0 spiro atoms. The predicted molar refractivity (Wildman–Crippen MR) is 88.1 cm³/mol. The molecular weight excluding hydrogens is 336 g/mol. The molecule has 4 nitrogen and oxygen atoms in total. The Morgan fingerprint density at radius 2 is 1.96 bits per heavy atom. The molecule has 0 atom stereocenters. The summed E-state index contributed by atoms with van der Waals surface area (Å²) in [7, 11) is 0. The highest BCUT2D eigenvalue weighted by atomic mass is 32.2. The van der Waals surface area contributed by atoms with Gasteiger partial charge in [-0.3, -0.25) is 4.79 Å². The summed E-state index contributed by atoms with van der Waals surface area (Å²) < 4.78 is 31.2. The van der Waals surface area contributed by atoms with Crippen molar-refractivity contribution in [2.24, 2.45) is 0 Å². The summed E-state index contributed by atoms with van der Waals surface area (Å²) in [6.45, 7) is 1.96. The first-order chi connectivity index (χ1) is 11.5. The molecule has 0 aromatic heterocycles. The van der Waals surface area contributed by atoms with Crippen molar-refractivity contribution in [1.29, 1.82) is 0 Å². The predicted octanol–water partition coefficient (Wildman–Crippen LogP) is 3.87. The van der Waals surface area contributed by atoms with Crippen LogP contribution in [0.4, 0.5) is 14.5 Å². The van der Waals surface area contributed by atoms with E-state index in [2.05, 4.69) is 5.32 Å². The highest BCUT2D eigenvalue weighted by molar-refractivity contribution is 8.00. The molecule has 0 unspecified atom stereocenters. The largest absolute Gasteiger partial charge is 0.462 e. The van der Waals surface area contributed by atoms with E-state index in [0.717, 1.165) is 23.9 Å². The van der Waals surface area contributed by atoms with Crippen LogP contribution in [0.3, 0.4) is 0 Å². The van der Waals surface area contributed by atoms with Crippen LogP contribution in [-0.4, -0.2) is 24.2 Å². The third-order valence-corrected chi connectivity index (χ3v) is 3.96. The Bertz CT molecular complexity index is 752. The first-order valence-corrected chi connectivity index (χ1v) is 8.13. The van der Waals surface area contributed by atoms with E-state index in [-0.39, 0.29) is 23.2 Å². The van der Waals surface area contributed by atoms with Crippen molar-refractivity contribution in [3.05, 3.63) is 59.7 Å². The number of hydrogen-bond acceptors (Lipinski definition) is 4. The van der Waals surface area contributed by atoms with E-state index in [1.165, 1.54) is 12.1 Å². The second-order valence-corrected chi connectivity index (χ2v) is 5.73. The van der Waals surface area contributed by atoms with Crippen molar-refractivity contribution >= 4 is 29.3 Å². The van der Waals surface area contributed by atoms with E-state index in [0.29, 0.717) is 11.3 Å². The van der Waals surface area contributed by atoms with Crippen LogP contribution in [0.15, 0.2) is 47.4 Å². The number of carbonyl (C=O) groups excluding carboxylic acids is 2. The van der Waals surface area contributed by atoms with Crippen LogP contribution in [0.2, 0.25) is 0 Å². The number of benzene rings is 2. The third kappa shape index (κ3) is 5.06. The molecule has 0 saturated carbocycles. The number of esters is 1. The lowest BCUT2D eigenvalue weighted by Gasteiger charge is -2.07. The number of anilines is 1. The van der Waals surface area contributed by atoms with Crippen LogP contribution in [0.1, 0.15) is 17.3 Å². The second-order valence-electron chi connectivity index (χ2n) is 4.71.